The molecule has 0 spiro atoms. The highest BCUT2D eigenvalue weighted by molar-refractivity contribution is 5.95. The van der Waals surface area contributed by atoms with Gasteiger partial charge >= 0.3 is 0 Å². The van der Waals surface area contributed by atoms with E-state index in [9.17, 15) is 14.7 Å². The molecule has 8 heteroatoms. The molecule has 2 aromatic carbocycles. The Morgan fingerprint density at radius 2 is 1.90 bits per heavy atom. The summed E-state index contributed by atoms with van der Waals surface area (Å²) >= 11 is 0. The average molecular weight is 424 g/mol. The third-order valence-corrected chi connectivity index (χ3v) is 4.74. The highest BCUT2D eigenvalue weighted by atomic mass is 16.5. The van der Waals surface area contributed by atoms with E-state index in [1.54, 1.807) is 48.8 Å². The van der Waals surface area contributed by atoms with Crippen LogP contribution in [-0.4, -0.2) is 34.8 Å². The van der Waals surface area contributed by atoms with Gasteiger partial charge in [-0.2, -0.15) is 0 Å². The van der Waals surface area contributed by atoms with Gasteiger partial charge in [0.05, 0.1) is 6.04 Å². The summed E-state index contributed by atoms with van der Waals surface area (Å²) in [6.45, 7) is 3.97. The molecule has 4 N–H and O–H groups in total. The Labute approximate surface area is 179 Å². The van der Waals surface area contributed by atoms with Gasteiger partial charge in [-0.3, -0.25) is 14.8 Å². The summed E-state index contributed by atoms with van der Waals surface area (Å²) in [7, 11) is 0. The second-order valence-electron chi connectivity index (χ2n) is 7.05. The summed E-state index contributed by atoms with van der Waals surface area (Å²) in [5, 5.41) is 21.9. The molecule has 0 saturated heterocycles. The van der Waals surface area contributed by atoms with Gasteiger partial charge in [-0.15, -0.1) is 0 Å². The lowest BCUT2D eigenvalue weighted by Gasteiger charge is -2.17. The topological polar surface area (TPSA) is 121 Å². The maximum absolute atomic E-state index is 12.4. The quantitative estimate of drug-likeness (QED) is 0.249. The third-order valence-electron chi connectivity index (χ3n) is 4.74. The Kier molecular flexibility index (Phi) is 6.94. The molecule has 0 saturated carbocycles. The van der Waals surface area contributed by atoms with E-state index in [-0.39, 0.29) is 24.3 Å². The summed E-state index contributed by atoms with van der Waals surface area (Å²) in [5.41, 5.74) is 3.15. The SMILES string of the molecule is CC[C@@H](COc1ccc(C(=O)NO)cc1)NC(=O)/C=C(\C)c1cc2cc(O)ccc2o1. The number of hydrogen-bond donors (Lipinski definition) is 4. The number of phenols is 1. The van der Waals surface area contributed by atoms with E-state index in [2.05, 4.69) is 5.32 Å². The van der Waals surface area contributed by atoms with Crippen molar-refractivity contribution in [3.05, 3.63) is 65.9 Å². The summed E-state index contributed by atoms with van der Waals surface area (Å²) in [6.07, 6.45) is 2.12. The van der Waals surface area contributed by atoms with Gasteiger partial charge < -0.3 is 19.6 Å². The molecule has 3 rings (SSSR count). The molecule has 0 aliphatic heterocycles. The number of aromatic hydroxyl groups is 1. The highest BCUT2D eigenvalue weighted by Crippen LogP contribution is 2.27. The van der Waals surface area contributed by atoms with E-state index in [1.807, 2.05) is 6.92 Å². The van der Waals surface area contributed by atoms with Gasteiger partial charge in [0.1, 0.15) is 29.4 Å². The standard InChI is InChI=1S/C23H24N2O6/c1-3-17(13-30-19-7-4-15(5-8-19)23(28)25-29)24-22(27)10-14(2)21-12-16-11-18(26)6-9-20(16)31-21/h4-12,17,26,29H,3,13H2,1-2H3,(H,24,27)(H,25,28)/b14-10+/t17-/m0/s1. The number of hydrogen-bond acceptors (Lipinski definition) is 6. The number of rotatable bonds is 8. The molecule has 0 aliphatic rings. The predicted octanol–water partition coefficient (Wildman–Crippen LogP) is 3.63. The van der Waals surface area contributed by atoms with E-state index >= 15 is 0 Å². The zero-order valence-electron chi connectivity index (χ0n) is 17.2. The lowest BCUT2D eigenvalue weighted by atomic mass is 10.1. The van der Waals surface area contributed by atoms with Crippen LogP contribution in [0.5, 0.6) is 11.5 Å². The molecule has 0 fully saturated rings. The zero-order chi connectivity index (χ0) is 22.4. The molecule has 31 heavy (non-hydrogen) atoms. The Morgan fingerprint density at radius 1 is 1.16 bits per heavy atom. The fraction of sp³-hybridized carbons (Fsp3) is 0.217. The first-order chi connectivity index (χ1) is 14.9. The molecule has 8 nitrogen and oxygen atoms in total. The van der Waals surface area contributed by atoms with Gasteiger partial charge in [0.25, 0.3) is 5.91 Å². The molecular formula is C23H24N2O6. The monoisotopic (exact) mass is 424 g/mol. The maximum Gasteiger partial charge on any atom is 0.274 e. The first-order valence-electron chi connectivity index (χ1n) is 9.78. The summed E-state index contributed by atoms with van der Waals surface area (Å²) < 4.78 is 11.4. The lowest BCUT2D eigenvalue weighted by molar-refractivity contribution is -0.117. The number of fused-ring (bicyclic) bond motifs is 1. The number of phenolic OH excluding ortho intramolecular Hbond substituents is 1. The number of furan rings is 1. The number of carbonyl (C=O) groups is 2. The molecule has 0 bridgehead atoms. The summed E-state index contributed by atoms with van der Waals surface area (Å²) in [5.74, 6) is 0.364. The van der Waals surface area contributed by atoms with Crippen LogP contribution in [0.15, 0.2) is 59.0 Å². The minimum absolute atomic E-state index is 0.149. The number of carbonyl (C=O) groups excluding carboxylic acids is 2. The Bertz CT molecular complexity index is 1100. The molecule has 162 valence electrons. The first kappa shape index (κ1) is 21.9. The van der Waals surface area contributed by atoms with Crippen molar-refractivity contribution in [1.82, 2.24) is 10.8 Å². The van der Waals surface area contributed by atoms with Crippen LogP contribution >= 0.6 is 0 Å². The number of benzene rings is 2. The fourth-order valence-corrected chi connectivity index (χ4v) is 2.96. The second kappa shape index (κ2) is 9.82. The van der Waals surface area contributed by atoms with Gasteiger partial charge in [-0.1, -0.05) is 6.92 Å². The third kappa shape index (κ3) is 5.64. The summed E-state index contributed by atoms with van der Waals surface area (Å²) in [6, 6.07) is 12.7. The Balaban J connectivity index is 1.58. The molecule has 0 aliphatic carbocycles. The van der Waals surface area contributed by atoms with Crippen molar-refractivity contribution < 1.29 is 29.1 Å². The average Bonchev–Trinajstić information content (AvgIpc) is 3.19. The van der Waals surface area contributed by atoms with Gasteiger partial charge in [0.15, 0.2) is 0 Å². The molecule has 0 unspecified atom stereocenters. The van der Waals surface area contributed by atoms with Gasteiger partial charge in [-0.25, -0.2) is 5.48 Å². The minimum Gasteiger partial charge on any atom is -0.508 e. The normalized spacial score (nSPS) is 12.4. The first-order valence-corrected chi connectivity index (χ1v) is 9.78. The second-order valence-corrected chi connectivity index (χ2v) is 7.05. The van der Waals surface area contributed by atoms with Crippen molar-refractivity contribution in [3.8, 4) is 11.5 Å². The van der Waals surface area contributed by atoms with Crippen LogP contribution in [-0.2, 0) is 4.79 Å². The van der Waals surface area contributed by atoms with Crippen molar-refractivity contribution in [2.45, 2.75) is 26.3 Å². The van der Waals surface area contributed by atoms with Crippen molar-refractivity contribution in [2.75, 3.05) is 6.61 Å². The van der Waals surface area contributed by atoms with Crippen LogP contribution < -0.4 is 15.5 Å². The summed E-state index contributed by atoms with van der Waals surface area (Å²) in [4.78, 5) is 23.8. The molecule has 3 aromatic rings. The van der Waals surface area contributed by atoms with Crippen molar-refractivity contribution in [2.24, 2.45) is 0 Å². The van der Waals surface area contributed by atoms with E-state index in [0.717, 1.165) is 5.39 Å². The number of allylic oxidation sites excluding steroid dienone is 1. The van der Waals surface area contributed by atoms with Crippen molar-refractivity contribution in [1.29, 1.82) is 0 Å². The van der Waals surface area contributed by atoms with Gasteiger partial charge in [0, 0.05) is 17.0 Å². The fourth-order valence-electron chi connectivity index (χ4n) is 2.96. The molecule has 1 aromatic heterocycles. The molecule has 2 amide bonds. The van der Waals surface area contributed by atoms with E-state index in [4.69, 9.17) is 14.4 Å². The number of nitrogens with one attached hydrogen (secondary N) is 2. The zero-order valence-corrected chi connectivity index (χ0v) is 17.2. The van der Waals surface area contributed by atoms with Gasteiger partial charge in [0.2, 0.25) is 5.91 Å². The number of ether oxygens (including phenoxy) is 1. The van der Waals surface area contributed by atoms with Gasteiger partial charge in [-0.05, 0) is 67.4 Å². The van der Waals surface area contributed by atoms with Crippen LogP contribution in [0.25, 0.3) is 16.5 Å². The molecular weight excluding hydrogens is 400 g/mol. The predicted molar refractivity (Wildman–Crippen MR) is 115 cm³/mol. The van der Waals surface area contributed by atoms with Crippen LogP contribution in [0.3, 0.4) is 0 Å². The molecule has 1 atom stereocenters. The van der Waals surface area contributed by atoms with Crippen LogP contribution in [0, 0.1) is 0 Å². The molecule has 1 heterocycles. The number of amides is 2. The van der Waals surface area contributed by atoms with Crippen LogP contribution in [0.4, 0.5) is 0 Å². The lowest BCUT2D eigenvalue weighted by Crippen LogP contribution is -2.37. The maximum atomic E-state index is 12.4. The van der Waals surface area contributed by atoms with E-state index in [1.165, 1.54) is 18.2 Å². The van der Waals surface area contributed by atoms with Crippen LogP contribution in [0.2, 0.25) is 0 Å². The van der Waals surface area contributed by atoms with E-state index < -0.39 is 5.91 Å². The van der Waals surface area contributed by atoms with Crippen molar-refractivity contribution >= 4 is 28.4 Å². The molecule has 0 radical (unpaired) electrons. The van der Waals surface area contributed by atoms with Crippen molar-refractivity contribution in [3.63, 3.8) is 0 Å². The Hall–Kier alpha value is -3.78. The Morgan fingerprint density at radius 3 is 2.58 bits per heavy atom. The van der Waals surface area contributed by atoms with E-state index in [0.29, 0.717) is 34.7 Å². The largest absolute Gasteiger partial charge is 0.508 e. The van der Waals surface area contributed by atoms with Crippen LogP contribution in [0.1, 0.15) is 36.4 Å². The highest BCUT2D eigenvalue weighted by Gasteiger charge is 2.13. The smallest absolute Gasteiger partial charge is 0.274 e. The number of hydroxylamine groups is 1. The minimum atomic E-state index is -0.603.